The number of nitrogens with zero attached hydrogens (tertiary/aromatic N) is 1. The van der Waals surface area contributed by atoms with Gasteiger partial charge in [-0.1, -0.05) is 142 Å². The van der Waals surface area contributed by atoms with Crippen LogP contribution in [0, 0.1) is 0 Å². The largest absolute Gasteiger partial charge is 1.00 e. The number of pyridine rings is 1. The summed E-state index contributed by atoms with van der Waals surface area (Å²) in [4.78, 5) is 0. The molecule has 0 N–H and O–H groups in total. The predicted octanol–water partition coefficient (Wildman–Crippen LogP) is 8.87. The Balaban J connectivity index is 0.0000137. The van der Waals surface area contributed by atoms with E-state index >= 15 is 0 Å². The first-order chi connectivity index (χ1) is 18.4. The van der Waals surface area contributed by atoms with Gasteiger partial charge in [-0.25, -0.2) is 4.57 Å². The highest BCUT2D eigenvalue weighted by molar-refractivity contribution is 5.07. The zero-order valence-corrected chi connectivity index (χ0v) is 26.6. The third-order valence-corrected chi connectivity index (χ3v) is 7.96. The highest BCUT2D eigenvalue weighted by Crippen LogP contribution is 2.13. The van der Waals surface area contributed by atoms with Crippen LogP contribution in [-0.4, -0.2) is 0 Å². The summed E-state index contributed by atoms with van der Waals surface area (Å²) in [5.74, 6) is 0. The normalized spacial score (nSPS) is 11.3. The van der Waals surface area contributed by atoms with Crippen molar-refractivity contribution in [1.82, 2.24) is 0 Å². The van der Waals surface area contributed by atoms with Crippen molar-refractivity contribution in [3.05, 3.63) is 42.2 Å². The van der Waals surface area contributed by atoms with Gasteiger partial charge in [0.25, 0.3) is 0 Å². The second kappa shape index (κ2) is 30.7. The van der Waals surface area contributed by atoms with Crippen molar-refractivity contribution in [1.29, 1.82) is 0 Å². The first-order valence-electron chi connectivity index (χ1n) is 17.0. The molecule has 0 radical (unpaired) electrons. The molecule has 2 heteroatoms. The van der Waals surface area contributed by atoms with Gasteiger partial charge in [0, 0.05) is 18.6 Å². The lowest BCUT2D eigenvalue weighted by Gasteiger charge is -2.03. The van der Waals surface area contributed by atoms with Gasteiger partial charge in [-0.3, -0.25) is 0 Å². The van der Waals surface area contributed by atoms with Crippen molar-refractivity contribution in [3.8, 4) is 0 Å². The molecule has 0 atom stereocenters. The lowest BCUT2D eigenvalue weighted by atomic mass is 10.0. The number of allylic oxidation sites excluding steroid dienone is 2. The van der Waals surface area contributed by atoms with Crippen molar-refractivity contribution < 1.29 is 17.0 Å². The maximum atomic E-state index is 2.43. The lowest BCUT2D eigenvalue weighted by Crippen LogP contribution is -3.00. The summed E-state index contributed by atoms with van der Waals surface area (Å²) in [6.07, 6.45) is 45.8. The molecule has 1 aromatic heterocycles. The van der Waals surface area contributed by atoms with Crippen LogP contribution in [0.15, 0.2) is 36.7 Å². The second-order valence-corrected chi connectivity index (χ2v) is 11.7. The lowest BCUT2D eigenvalue weighted by molar-refractivity contribution is -0.697. The second-order valence-electron chi connectivity index (χ2n) is 11.7. The van der Waals surface area contributed by atoms with Crippen molar-refractivity contribution in [2.24, 2.45) is 0 Å². The van der Waals surface area contributed by atoms with Crippen LogP contribution in [0.2, 0.25) is 0 Å². The van der Waals surface area contributed by atoms with E-state index in [1.807, 2.05) is 0 Å². The van der Waals surface area contributed by atoms with Crippen LogP contribution in [0.25, 0.3) is 0 Å². The van der Waals surface area contributed by atoms with Crippen molar-refractivity contribution in [3.63, 3.8) is 0 Å². The molecule has 38 heavy (non-hydrogen) atoms. The summed E-state index contributed by atoms with van der Waals surface area (Å²) in [5.41, 5.74) is 1.52. The third-order valence-electron chi connectivity index (χ3n) is 7.96. The number of unbranched alkanes of at least 4 members (excludes halogenated alkanes) is 22. The molecule has 1 heterocycles. The molecule has 1 rings (SSSR count). The molecule has 0 aromatic carbocycles. The van der Waals surface area contributed by atoms with E-state index in [1.54, 1.807) is 0 Å². The van der Waals surface area contributed by atoms with Crippen LogP contribution in [0.3, 0.4) is 0 Å². The summed E-state index contributed by atoms with van der Waals surface area (Å²) < 4.78 is 2.39. The van der Waals surface area contributed by atoms with E-state index in [1.165, 1.54) is 179 Å². The van der Waals surface area contributed by atoms with Gasteiger partial charge in [-0.05, 0) is 50.5 Å². The van der Waals surface area contributed by atoms with Gasteiger partial charge < -0.3 is 12.4 Å². The van der Waals surface area contributed by atoms with Crippen LogP contribution in [0.1, 0.15) is 180 Å². The number of hydrogen-bond acceptors (Lipinski definition) is 0. The summed E-state index contributed by atoms with van der Waals surface area (Å²) in [5, 5.41) is 0. The molecule has 0 saturated carbocycles. The number of hydrogen-bond donors (Lipinski definition) is 0. The minimum Gasteiger partial charge on any atom is -1.00 e. The fraction of sp³-hybridized carbons (Fsp3) is 0.806. The Morgan fingerprint density at radius 3 is 1.29 bits per heavy atom. The average Bonchev–Trinajstić information content (AvgIpc) is 2.92. The minimum atomic E-state index is 0. The van der Waals surface area contributed by atoms with Crippen LogP contribution in [0.5, 0.6) is 0 Å². The Labute approximate surface area is 246 Å². The molecule has 0 unspecified atom stereocenters. The number of aryl methyl sites for hydroxylation is 2. The first kappa shape index (κ1) is 37.2. The smallest absolute Gasteiger partial charge is 0.169 e. The van der Waals surface area contributed by atoms with E-state index in [-0.39, 0.29) is 12.4 Å². The Kier molecular flexibility index (Phi) is 30.1. The summed E-state index contributed by atoms with van der Waals surface area (Å²) in [6, 6.07) is 4.71. The SMILES string of the molecule is CCCCCCCC/C=C\CCCCCCCC[n+]1ccc(CCCCCCCCCCCCC)cc1.[Cl-]. The maximum Gasteiger partial charge on any atom is 0.169 e. The molecule has 0 bridgehead atoms. The maximum absolute atomic E-state index is 2.43. The monoisotopic (exact) mass is 547 g/mol. The molecule has 0 saturated heterocycles. The molecule has 222 valence electrons. The summed E-state index contributed by atoms with van der Waals surface area (Å²) >= 11 is 0. The molecule has 0 amide bonds. The summed E-state index contributed by atoms with van der Waals surface area (Å²) in [7, 11) is 0. The first-order valence-corrected chi connectivity index (χ1v) is 17.0. The van der Waals surface area contributed by atoms with Crippen molar-refractivity contribution in [2.45, 2.75) is 187 Å². The Hall–Kier alpha value is -0.820. The molecular weight excluding hydrogens is 482 g/mol. The zero-order valence-electron chi connectivity index (χ0n) is 25.9. The Morgan fingerprint density at radius 2 is 0.842 bits per heavy atom. The van der Waals surface area contributed by atoms with Crippen LogP contribution >= 0.6 is 0 Å². The van der Waals surface area contributed by atoms with E-state index in [0.29, 0.717) is 0 Å². The van der Waals surface area contributed by atoms with Gasteiger partial charge in [0.05, 0.1) is 0 Å². The standard InChI is InChI=1S/C36H66N.ClH/c1-3-5-7-9-11-13-15-16-17-18-19-21-23-25-27-29-33-37-34-31-36(32-35-37)30-28-26-24-22-20-14-12-10-8-6-4-2;/h16-17,31-32,34-35H,3-15,18-30,33H2,1-2H3;1H/q+1;/p-1/b17-16-;. The number of halogens is 1. The Morgan fingerprint density at radius 1 is 0.474 bits per heavy atom. The molecule has 0 aliphatic rings. The molecule has 0 spiro atoms. The molecule has 0 aliphatic carbocycles. The van der Waals surface area contributed by atoms with Gasteiger partial charge in [-0.15, -0.1) is 0 Å². The third kappa shape index (κ3) is 25.5. The van der Waals surface area contributed by atoms with Crippen molar-refractivity contribution in [2.75, 3.05) is 0 Å². The predicted molar refractivity (Wildman–Crippen MR) is 166 cm³/mol. The highest BCUT2D eigenvalue weighted by atomic mass is 35.5. The van der Waals surface area contributed by atoms with Gasteiger partial charge in [0.1, 0.15) is 6.54 Å². The minimum absolute atomic E-state index is 0. The van der Waals surface area contributed by atoms with E-state index in [4.69, 9.17) is 0 Å². The zero-order chi connectivity index (χ0) is 26.5. The van der Waals surface area contributed by atoms with Gasteiger partial charge in [0.2, 0.25) is 0 Å². The van der Waals surface area contributed by atoms with E-state index in [9.17, 15) is 0 Å². The molecule has 1 nitrogen and oxygen atoms in total. The summed E-state index contributed by atoms with van der Waals surface area (Å²) in [6.45, 7) is 5.77. The number of rotatable bonds is 28. The quantitative estimate of drug-likeness (QED) is 0.0560. The van der Waals surface area contributed by atoms with Crippen LogP contribution in [-0.2, 0) is 13.0 Å². The van der Waals surface area contributed by atoms with E-state index in [0.717, 1.165) is 0 Å². The van der Waals surface area contributed by atoms with Crippen molar-refractivity contribution >= 4 is 0 Å². The van der Waals surface area contributed by atoms with E-state index < -0.39 is 0 Å². The molecule has 0 aliphatic heterocycles. The van der Waals surface area contributed by atoms with Gasteiger partial charge >= 0.3 is 0 Å². The topological polar surface area (TPSA) is 3.88 Å². The molecular formula is C36H66ClN. The molecule has 1 aromatic rings. The Bertz CT molecular complexity index is 594. The van der Waals surface area contributed by atoms with Crippen LogP contribution < -0.4 is 17.0 Å². The average molecular weight is 548 g/mol. The fourth-order valence-electron chi connectivity index (χ4n) is 5.34. The van der Waals surface area contributed by atoms with Crippen LogP contribution in [0.4, 0.5) is 0 Å². The molecule has 0 fully saturated rings. The van der Waals surface area contributed by atoms with E-state index in [2.05, 4.69) is 55.1 Å². The van der Waals surface area contributed by atoms with Gasteiger partial charge in [-0.2, -0.15) is 0 Å². The van der Waals surface area contributed by atoms with Gasteiger partial charge in [0.15, 0.2) is 12.4 Å². The fourth-order valence-corrected chi connectivity index (χ4v) is 5.34. The highest BCUT2D eigenvalue weighted by Gasteiger charge is 2.02. The number of aromatic nitrogens is 1.